The molecule has 1 unspecified atom stereocenters. The molecule has 2 aromatic carbocycles. The maximum Gasteiger partial charge on any atom is 0.573 e. The Morgan fingerprint density at radius 3 is 2.49 bits per heavy atom. The highest BCUT2D eigenvalue weighted by Crippen LogP contribution is 2.40. The van der Waals surface area contributed by atoms with Crippen LogP contribution in [0, 0.1) is 5.82 Å². The molecule has 35 heavy (non-hydrogen) atoms. The van der Waals surface area contributed by atoms with Gasteiger partial charge in [0, 0.05) is 26.7 Å². The van der Waals surface area contributed by atoms with E-state index in [9.17, 15) is 27.2 Å². The fourth-order valence-electron chi connectivity index (χ4n) is 4.04. The molecule has 4 rings (SSSR count). The van der Waals surface area contributed by atoms with E-state index in [2.05, 4.69) is 10.1 Å². The predicted octanol–water partition coefficient (Wildman–Crippen LogP) is 3.10. The maximum atomic E-state index is 13.4. The minimum absolute atomic E-state index is 0.0146. The van der Waals surface area contributed by atoms with E-state index >= 15 is 0 Å². The smallest absolute Gasteiger partial charge is 0.406 e. The molecule has 0 saturated heterocycles. The van der Waals surface area contributed by atoms with Crippen molar-refractivity contribution in [2.75, 3.05) is 16.8 Å². The first-order chi connectivity index (χ1) is 16.6. The summed E-state index contributed by atoms with van der Waals surface area (Å²) in [6.45, 7) is -0.152. The fourth-order valence-corrected chi connectivity index (χ4v) is 4.04. The Morgan fingerprint density at radius 2 is 1.83 bits per heavy atom. The number of nitrogens with zero attached hydrogens (tertiary/aromatic N) is 3. The molecule has 1 atom stereocenters. The molecule has 0 aliphatic carbocycles. The van der Waals surface area contributed by atoms with Crippen molar-refractivity contribution in [2.24, 2.45) is 7.05 Å². The molecule has 1 aromatic heterocycles. The van der Waals surface area contributed by atoms with E-state index in [0.717, 1.165) is 10.6 Å². The lowest BCUT2D eigenvalue weighted by molar-refractivity contribution is -0.274. The summed E-state index contributed by atoms with van der Waals surface area (Å²) in [5.74, 6) is -0.700. The van der Waals surface area contributed by atoms with Gasteiger partial charge in [0.25, 0.3) is 5.56 Å². The number of aromatic nitrogens is 2. The Hall–Kier alpha value is -3.80. The molecular formula is C23H22F4N4O4. The van der Waals surface area contributed by atoms with Crippen molar-refractivity contribution in [2.45, 2.75) is 32.0 Å². The molecule has 2 N–H and O–H groups in total. The van der Waals surface area contributed by atoms with Crippen molar-refractivity contribution in [1.82, 2.24) is 9.13 Å². The van der Waals surface area contributed by atoms with Gasteiger partial charge in [-0.3, -0.25) is 13.9 Å². The van der Waals surface area contributed by atoms with Gasteiger partial charge >= 0.3 is 12.1 Å². The molecule has 2 heterocycles. The number of hydrogen-bond acceptors (Lipinski definition) is 6. The number of ether oxygens (including phenoxy) is 1. The zero-order chi connectivity index (χ0) is 25.3. The van der Waals surface area contributed by atoms with Crippen LogP contribution in [-0.2, 0) is 20.1 Å². The summed E-state index contributed by atoms with van der Waals surface area (Å²) in [6.07, 6.45) is -5.54. The van der Waals surface area contributed by atoms with E-state index in [1.165, 1.54) is 48.0 Å². The van der Waals surface area contributed by atoms with Crippen molar-refractivity contribution in [1.29, 1.82) is 0 Å². The topological polar surface area (TPSA) is 88.7 Å². The monoisotopic (exact) mass is 494 g/mol. The van der Waals surface area contributed by atoms with Crippen LogP contribution in [0.25, 0.3) is 0 Å². The number of nitrogens with one attached hydrogen (secondary N) is 1. The van der Waals surface area contributed by atoms with Gasteiger partial charge in [0.05, 0.1) is 0 Å². The summed E-state index contributed by atoms with van der Waals surface area (Å²) in [4.78, 5) is 27.8. The summed E-state index contributed by atoms with van der Waals surface area (Å²) >= 11 is 0. The van der Waals surface area contributed by atoms with Crippen LogP contribution >= 0.6 is 0 Å². The lowest BCUT2D eigenvalue weighted by atomic mass is 10.1. The lowest BCUT2D eigenvalue weighted by Crippen LogP contribution is -2.41. The van der Waals surface area contributed by atoms with Crippen LogP contribution in [0.2, 0.25) is 0 Å². The lowest BCUT2D eigenvalue weighted by Gasteiger charge is -2.27. The Balaban J connectivity index is 1.83. The molecule has 0 spiro atoms. The highest BCUT2D eigenvalue weighted by molar-refractivity contribution is 5.73. The van der Waals surface area contributed by atoms with Crippen LogP contribution < -0.4 is 26.2 Å². The van der Waals surface area contributed by atoms with E-state index in [1.54, 1.807) is 11.0 Å². The molecule has 12 heteroatoms. The third-order valence-electron chi connectivity index (χ3n) is 5.61. The Bertz CT molecular complexity index is 1340. The van der Waals surface area contributed by atoms with Crippen LogP contribution in [0.3, 0.4) is 0 Å². The van der Waals surface area contributed by atoms with Gasteiger partial charge in [-0.15, -0.1) is 13.2 Å². The summed E-state index contributed by atoms with van der Waals surface area (Å²) in [6, 6.07) is 10.9. The molecule has 3 aromatic rings. The minimum Gasteiger partial charge on any atom is -0.406 e. The second-order valence-corrected chi connectivity index (χ2v) is 7.99. The van der Waals surface area contributed by atoms with Gasteiger partial charge in [-0.1, -0.05) is 24.3 Å². The van der Waals surface area contributed by atoms with Gasteiger partial charge in [-0.2, -0.15) is 0 Å². The summed E-state index contributed by atoms with van der Waals surface area (Å²) < 4.78 is 58.1. The van der Waals surface area contributed by atoms with Crippen molar-refractivity contribution in [3.63, 3.8) is 0 Å². The largest absolute Gasteiger partial charge is 0.573 e. The Kier molecular flexibility index (Phi) is 6.57. The highest BCUT2D eigenvalue weighted by atomic mass is 19.4. The average Bonchev–Trinajstić information content (AvgIpc) is 3.18. The van der Waals surface area contributed by atoms with Crippen molar-refractivity contribution in [3.8, 4) is 5.75 Å². The first-order valence-electron chi connectivity index (χ1n) is 10.7. The van der Waals surface area contributed by atoms with E-state index in [0.29, 0.717) is 11.1 Å². The molecular weight excluding hydrogens is 472 g/mol. The van der Waals surface area contributed by atoms with Crippen molar-refractivity contribution in [3.05, 3.63) is 86.3 Å². The van der Waals surface area contributed by atoms with Gasteiger partial charge in [-0.25, -0.2) is 9.18 Å². The summed E-state index contributed by atoms with van der Waals surface area (Å²) in [5, 5.41) is 12.2. The zero-order valence-electron chi connectivity index (χ0n) is 18.6. The number of hydrogen-bond donors (Lipinski definition) is 2. The standard InChI is InChI=1S/C23H22F4N4O4/c1-29-20-18(21(33)30(22(29)34)10-3-11-32)31(13-14-6-8-16(24)9-7-14)19(28-20)15-4-2-5-17(12-15)35-23(25,26)27/h2,4-9,12,19,28,32H,3,10-11,13H2,1H3. The number of rotatable bonds is 7. The molecule has 0 radical (unpaired) electrons. The van der Waals surface area contributed by atoms with E-state index in [4.69, 9.17) is 5.11 Å². The third kappa shape index (κ3) is 5.02. The molecule has 0 bridgehead atoms. The number of fused-ring (bicyclic) bond motifs is 1. The molecule has 0 fully saturated rings. The molecule has 8 nitrogen and oxygen atoms in total. The van der Waals surface area contributed by atoms with Crippen LogP contribution in [0.4, 0.5) is 29.1 Å². The van der Waals surface area contributed by atoms with Gasteiger partial charge in [0.15, 0.2) is 0 Å². The highest BCUT2D eigenvalue weighted by Gasteiger charge is 2.37. The summed E-state index contributed by atoms with van der Waals surface area (Å²) in [5.41, 5.74) is -0.119. The van der Waals surface area contributed by atoms with E-state index < -0.39 is 35.3 Å². The number of halogens is 4. The predicted molar refractivity (Wildman–Crippen MR) is 120 cm³/mol. The Labute approximate surface area is 196 Å². The van der Waals surface area contributed by atoms with Gasteiger partial charge in [-0.05, 0) is 41.8 Å². The van der Waals surface area contributed by atoms with Gasteiger partial charge in [0.1, 0.15) is 29.2 Å². The first-order valence-corrected chi connectivity index (χ1v) is 10.7. The number of benzene rings is 2. The van der Waals surface area contributed by atoms with Gasteiger partial charge < -0.3 is 20.1 Å². The summed E-state index contributed by atoms with van der Waals surface area (Å²) in [7, 11) is 1.46. The zero-order valence-corrected chi connectivity index (χ0v) is 18.6. The maximum absolute atomic E-state index is 13.4. The number of aliphatic hydroxyl groups excluding tert-OH is 1. The fraction of sp³-hybridized carbons (Fsp3) is 0.304. The molecule has 0 saturated carbocycles. The van der Waals surface area contributed by atoms with Crippen molar-refractivity contribution >= 4 is 11.5 Å². The molecule has 1 aliphatic heterocycles. The van der Waals surface area contributed by atoms with E-state index in [-0.39, 0.29) is 37.6 Å². The molecule has 1 aliphatic rings. The SMILES string of the molecule is Cn1c2c(c(=O)n(CCCO)c1=O)N(Cc1ccc(F)cc1)C(c1cccc(OC(F)(F)F)c1)N2. The quantitative estimate of drug-likeness (QED) is 0.491. The number of alkyl halides is 3. The molecule has 0 amide bonds. The van der Waals surface area contributed by atoms with E-state index in [1.807, 2.05) is 0 Å². The first kappa shape index (κ1) is 24.3. The van der Waals surface area contributed by atoms with Crippen LogP contribution in [0.1, 0.15) is 23.7 Å². The van der Waals surface area contributed by atoms with Crippen molar-refractivity contribution < 1.29 is 27.4 Å². The normalized spacial score (nSPS) is 15.1. The second-order valence-electron chi connectivity index (χ2n) is 7.99. The van der Waals surface area contributed by atoms with Crippen LogP contribution in [-0.4, -0.2) is 27.2 Å². The third-order valence-corrected chi connectivity index (χ3v) is 5.61. The van der Waals surface area contributed by atoms with Gasteiger partial charge in [0.2, 0.25) is 0 Å². The average molecular weight is 494 g/mol. The van der Waals surface area contributed by atoms with Crippen LogP contribution in [0.5, 0.6) is 5.75 Å². The number of aliphatic hydroxyl groups is 1. The van der Waals surface area contributed by atoms with Crippen LogP contribution in [0.15, 0.2) is 58.1 Å². The molecule has 186 valence electrons. The Morgan fingerprint density at radius 1 is 1.11 bits per heavy atom. The number of anilines is 2. The minimum atomic E-state index is -4.89. The second kappa shape index (κ2) is 9.45.